The molecule has 0 spiro atoms. The van der Waals surface area contributed by atoms with Gasteiger partial charge in [0.15, 0.2) is 16.7 Å². The van der Waals surface area contributed by atoms with E-state index in [4.69, 9.17) is 0 Å². The number of aryl methyl sites for hydroxylation is 1. The lowest BCUT2D eigenvalue weighted by Crippen LogP contribution is -2.14. The van der Waals surface area contributed by atoms with Crippen LogP contribution >= 0.6 is 0 Å². The summed E-state index contributed by atoms with van der Waals surface area (Å²) in [5.41, 5.74) is -0.453. The van der Waals surface area contributed by atoms with Crippen molar-refractivity contribution >= 4 is 15.7 Å². The number of benzene rings is 1. The van der Waals surface area contributed by atoms with E-state index in [9.17, 15) is 17.2 Å². The summed E-state index contributed by atoms with van der Waals surface area (Å²) in [7, 11) is -4.03. The Morgan fingerprint density at radius 1 is 1.37 bits per heavy atom. The molecule has 0 radical (unpaired) electrons. The first-order valence-corrected chi connectivity index (χ1v) is 6.91. The minimum Gasteiger partial charge on any atom is -0.336 e. The average molecular weight is 287 g/mol. The molecular weight excluding hydrogens is 276 g/mol. The van der Waals surface area contributed by atoms with Gasteiger partial charge in [-0.2, -0.15) is 8.42 Å². The van der Waals surface area contributed by atoms with Gasteiger partial charge >= 0.3 is 0 Å². The summed E-state index contributed by atoms with van der Waals surface area (Å²) in [4.78, 5) is 3.70. The zero-order chi connectivity index (χ0) is 14.0. The van der Waals surface area contributed by atoms with Crippen LogP contribution in [0.5, 0.6) is 0 Å². The number of nitrogens with one attached hydrogen (secondary N) is 1. The van der Waals surface area contributed by atoms with E-state index in [-0.39, 0.29) is 5.03 Å². The van der Waals surface area contributed by atoms with Crippen molar-refractivity contribution in [3.63, 3.8) is 0 Å². The molecule has 1 aromatic carbocycles. The molecule has 102 valence electrons. The molecule has 2 aromatic rings. The van der Waals surface area contributed by atoms with E-state index in [1.54, 1.807) is 4.57 Å². The topological polar surface area (TPSA) is 64.0 Å². The smallest absolute Gasteiger partial charge is 0.281 e. The number of hydrogen-bond donors (Lipinski definition) is 1. The Kier molecular flexibility index (Phi) is 3.52. The zero-order valence-corrected chi connectivity index (χ0v) is 10.8. The number of nitrogens with zero attached hydrogens (tertiary/aromatic N) is 2. The van der Waals surface area contributed by atoms with Crippen molar-refractivity contribution in [3.05, 3.63) is 42.4 Å². The van der Waals surface area contributed by atoms with Gasteiger partial charge in [0, 0.05) is 12.7 Å². The normalized spacial score (nSPS) is 11.5. The van der Waals surface area contributed by atoms with Crippen LogP contribution in [0.2, 0.25) is 0 Å². The second-order valence-corrected chi connectivity index (χ2v) is 5.38. The predicted molar refractivity (Wildman–Crippen MR) is 65.1 cm³/mol. The molecule has 1 aromatic heterocycles. The highest BCUT2D eigenvalue weighted by molar-refractivity contribution is 7.92. The van der Waals surface area contributed by atoms with Gasteiger partial charge in [-0.05, 0) is 19.1 Å². The maximum atomic E-state index is 13.4. The third-order valence-corrected chi connectivity index (χ3v) is 3.70. The molecule has 1 N–H and O–H groups in total. The molecule has 0 bridgehead atoms. The fourth-order valence-electron chi connectivity index (χ4n) is 1.43. The first-order chi connectivity index (χ1) is 8.94. The van der Waals surface area contributed by atoms with Crippen LogP contribution < -0.4 is 4.72 Å². The van der Waals surface area contributed by atoms with Gasteiger partial charge in [-0.1, -0.05) is 6.07 Å². The zero-order valence-electron chi connectivity index (χ0n) is 9.97. The molecule has 0 unspecified atom stereocenters. The SMILES string of the molecule is CCn1cnc(S(=O)(=O)Nc2cccc(F)c2F)c1. The molecule has 0 fully saturated rings. The van der Waals surface area contributed by atoms with Crippen molar-refractivity contribution in [3.8, 4) is 0 Å². The Balaban J connectivity index is 2.33. The van der Waals surface area contributed by atoms with E-state index >= 15 is 0 Å². The summed E-state index contributed by atoms with van der Waals surface area (Å²) >= 11 is 0. The van der Waals surface area contributed by atoms with Gasteiger partial charge < -0.3 is 4.57 Å². The van der Waals surface area contributed by atoms with Crippen LogP contribution in [-0.4, -0.2) is 18.0 Å². The highest BCUT2D eigenvalue weighted by atomic mass is 32.2. The quantitative estimate of drug-likeness (QED) is 0.935. The molecule has 0 saturated carbocycles. The van der Waals surface area contributed by atoms with Crippen molar-refractivity contribution in [1.82, 2.24) is 9.55 Å². The lowest BCUT2D eigenvalue weighted by atomic mass is 10.3. The van der Waals surface area contributed by atoms with Crippen molar-refractivity contribution in [2.24, 2.45) is 0 Å². The van der Waals surface area contributed by atoms with Gasteiger partial charge in [0.2, 0.25) is 0 Å². The molecule has 1 heterocycles. The molecule has 0 aliphatic rings. The summed E-state index contributed by atoms with van der Waals surface area (Å²) in [6, 6.07) is 3.24. The van der Waals surface area contributed by atoms with Crippen LogP contribution in [-0.2, 0) is 16.6 Å². The van der Waals surface area contributed by atoms with Crippen molar-refractivity contribution < 1.29 is 17.2 Å². The Labute approximate surface area is 108 Å². The number of aromatic nitrogens is 2. The van der Waals surface area contributed by atoms with E-state index < -0.39 is 27.3 Å². The number of hydrogen-bond acceptors (Lipinski definition) is 3. The minimum atomic E-state index is -4.03. The van der Waals surface area contributed by atoms with E-state index in [1.165, 1.54) is 18.6 Å². The van der Waals surface area contributed by atoms with Crippen molar-refractivity contribution in [1.29, 1.82) is 0 Å². The minimum absolute atomic E-state index is 0.252. The third-order valence-electron chi connectivity index (χ3n) is 2.45. The molecule has 0 atom stereocenters. The lowest BCUT2D eigenvalue weighted by molar-refractivity contribution is 0.511. The maximum Gasteiger partial charge on any atom is 0.281 e. The van der Waals surface area contributed by atoms with E-state index in [1.807, 2.05) is 11.6 Å². The molecule has 0 aliphatic heterocycles. The first kappa shape index (κ1) is 13.5. The second-order valence-electron chi connectivity index (χ2n) is 3.75. The monoisotopic (exact) mass is 287 g/mol. The summed E-state index contributed by atoms with van der Waals surface area (Å²) < 4.78 is 53.7. The van der Waals surface area contributed by atoms with Crippen LogP contribution in [0.4, 0.5) is 14.5 Å². The Bertz CT molecular complexity index is 698. The highest BCUT2D eigenvalue weighted by Gasteiger charge is 2.20. The molecule has 2 rings (SSSR count). The molecule has 0 saturated heterocycles. The molecular formula is C11H11F2N3O2S. The summed E-state index contributed by atoms with van der Waals surface area (Å²) in [5, 5.41) is -0.252. The summed E-state index contributed by atoms with van der Waals surface area (Å²) in [6.45, 7) is 2.37. The van der Waals surface area contributed by atoms with E-state index in [0.29, 0.717) is 6.54 Å². The van der Waals surface area contributed by atoms with Crippen LogP contribution in [0.15, 0.2) is 35.7 Å². The number of anilines is 1. The van der Waals surface area contributed by atoms with Crippen molar-refractivity contribution in [2.75, 3.05) is 4.72 Å². The van der Waals surface area contributed by atoms with Gasteiger partial charge in [0.25, 0.3) is 10.0 Å². The average Bonchev–Trinajstić information content (AvgIpc) is 2.84. The van der Waals surface area contributed by atoms with E-state index in [0.717, 1.165) is 12.1 Å². The Morgan fingerprint density at radius 3 is 2.74 bits per heavy atom. The first-order valence-electron chi connectivity index (χ1n) is 5.42. The van der Waals surface area contributed by atoms with Gasteiger partial charge in [0.1, 0.15) is 0 Å². The van der Waals surface area contributed by atoms with Crippen LogP contribution in [0, 0.1) is 11.6 Å². The Morgan fingerprint density at radius 2 is 2.11 bits per heavy atom. The lowest BCUT2D eigenvalue weighted by Gasteiger charge is -2.06. The summed E-state index contributed by atoms with van der Waals surface area (Å²) in [6.07, 6.45) is 2.65. The molecule has 5 nitrogen and oxygen atoms in total. The standard InChI is InChI=1S/C11H11F2N3O2S/c1-2-16-6-10(14-7-16)19(17,18)15-9-5-3-4-8(12)11(9)13/h3-7,15H,2H2,1H3. The predicted octanol–water partition coefficient (Wildman–Crippen LogP) is 1.98. The van der Waals surface area contributed by atoms with Crippen LogP contribution in [0.3, 0.4) is 0 Å². The van der Waals surface area contributed by atoms with Gasteiger partial charge in [-0.15, -0.1) is 0 Å². The van der Waals surface area contributed by atoms with Crippen LogP contribution in [0.1, 0.15) is 6.92 Å². The molecule has 19 heavy (non-hydrogen) atoms. The second kappa shape index (κ2) is 4.96. The largest absolute Gasteiger partial charge is 0.336 e. The van der Waals surface area contributed by atoms with E-state index in [2.05, 4.69) is 4.98 Å². The van der Waals surface area contributed by atoms with Gasteiger partial charge in [-0.25, -0.2) is 13.8 Å². The van der Waals surface area contributed by atoms with Crippen LogP contribution in [0.25, 0.3) is 0 Å². The number of halogens is 2. The summed E-state index contributed by atoms with van der Waals surface area (Å²) in [5.74, 6) is -2.37. The fourth-order valence-corrected chi connectivity index (χ4v) is 2.44. The number of imidazole rings is 1. The number of sulfonamides is 1. The number of rotatable bonds is 4. The third kappa shape index (κ3) is 2.73. The maximum absolute atomic E-state index is 13.4. The Hall–Kier alpha value is -1.96. The van der Waals surface area contributed by atoms with Gasteiger partial charge in [0.05, 0.1) is 12.0 Å². The van der Waals surface area contributed by atoms with Crippen molar-refractivity contribution in [2.45, 2.75) is 18.5 Å². The highest BCUT2D eigenvalue weighted by Crippen LogP contribution is 2.20. The molecule has 8 heteroatoms. The fraction of sp³-hybridized carbons (Fsp3) is 0.182. The molecule has 0 aliphatic carbocycles. The van der Waals surface area contributed by atoms with Gasteiger partial charge in [-0.3, -0.25) is 4.72 Å². The molecule has 0 amide bonds.